The van der Waals surface area contributed by atoms with Crippen molar-refractivity contribution in [3.63, 3.8) is 0 Å². The second-order valence-electron chi connectivity index (χ2n) is 3.64. The Morgan fingerprint density at radius 1 is 1.50 bits per heavy atom. The first-order chi connectivity index (χ1) is 7.69. The molecule has 0 aliphatic carbocycles. The summed E-state index contributed by atoms with van der Waals surface area (Å²) in [5, 5.41) is 3.13. The maximum absolute atomic E-state index is 4.51. The standard InChI is InChI=1S/C11H20N4S/c1-5-12-11-13-8-9(2)10(14-11)15(3)6-7-16-4/h8H,5-7H2,1-4H3,(H,12,13,14). The van der Waals surface area contributed by atoms with Crippen molar-refractivity contribution in [3.05, 3.63) is 11.8 Å². The summed E-state index contributed by atoms with van der Waals surface area (Å²) in [5.74, 6) is 2.83. The largest absolute Gasteiger partial charge is 0.358 e. The third-order valence-corrected chi connectivity index (χ3v) is 2.86. The molecule has 1 aromatic rings. The van der Waals surface area contributed by atoms with Gasteiger partial charge in [0, 0.05) is 37.7 Å². The van der Waals surface area contributed by atoms with Gasteiger partial charge in [-0.2, -0.15) is 16.7 Å². The molecule has 0 saturated heterocycles. The highest BCUT2D eigenvalue weighted by Crippen LogP contribution is 2.16. The Hall–Kier alpha value is -0.970. The Balaban J connectivity index is 2.79. The quantitative estimate of drug-likeness (QED) is 0.824. The van der Waals surface area contributed by atoms with Gasteiger partial charge in [0.05, 0.1) is 0 Å². The predicted octanol–water partition coefficient (Wildman–Crippen LogP) is 2.02. The van der Waals surface area contributed by atoms with Crippen LogP contribution in [0.3, 0.4) is 0 Å². The molecule has 1 aromatic heterocycles. The molecular formula is C11H20N4S. The Labute approximate surface area is 102 Å². The van der Waals surface area contributed by atoms with E-state index in [1.54, 1.807) is 0 Å². The lowest BCUT2D eigenvalue weighted by Gasteiger charge is -2.20. The summed E-state index contributed by atoms with van der Waals surface area (Å²) < 4.78 is 0. The first-order valence-electron chi connectivity index (χ1n) is 5.46. The van der Waals surface area contributed by atoms with Crippen molar-refractivity contribution in [2.75, 3.05) is 42.4 Å². The van der Waals surface area contributed by atoms with E-state index in [9.17, 15) is 0 Å². The van der Waals surface area contributed by atoms with E-state index in [1.807, 2.05) is 31.8 Å². The molecule has 0 radical (unpaired) electrons. The van der Waals surface area contributed by atoms with Crippen molar-refractivity contribution in [1.82, 2.24) is 9.97 Å². The van der Waals surface area contributed by atoms with Gasteiger partial charge in [0.2, 0.25) is 5.95 Å². The van der Waals surface area contributed by atoms with Crippen LogP contribution in [0.1, 0.15) is 12.5 Å². The van der Waals surface area contributed by atoms with E-state index >= 15 is 0 Å². The third kappa shape index (κ3) is 3.56. The highest BCUT2D eigenvalue weighted by Gasteiger charge is 2.07. The Kier molecular flexibility index (Phi) is 5.38. The van der Waals surface area contributed by atoms with Crippen LogP contribution < -0.4 is 10.2 Å². The van der Waals surface area contributed by atoms with Crippen LogP contribution in [0.2, 0.25) is 0 Å². The van der Waals surface area contributed by atoms with Crippen molar-refractivity contribution in [2.45, 2.75) is 13.8 Å². The van der Waals surface area contributed by atoms with Crippen molar-refractivity contribution in [3.8, 4) is 0 Å². The van der Waals surface area contributed by atoms with Gasteiger partial charge in [-0.15, -0.1) is 0 Å². The zero-order chi connectivity index (χ0) is 12.0. The molecule has 0 atom stereocenters. The molecule has 0 amide bonds. The predicted molar refractivity (Wildman–Crippen MR) is 72.6 cm³/mol. The fraction of sp³-hybridized carbons (Fsp3) is 0.636. The number of thioether (sulfide) groups is 1. The average Bonchev–Trinajstić information content (AvgIpc) is 2.29. The van der Waals surface area contributed by atoms with Crippen LogP contribution in [0.5, 0.6) is 0 Å². The molecule has 90 valence electrons. The van der Waals surface area contributed by atoms with Crippen LogP contribution >= 0.6 is 11.8 Å². The molecule has 0 aliphatic rings. The van der Waals surface area contributed by atoms with Crippen molar-refractivity contribution >= 4 is 23.5 Å². The van der Waals surface area contributed by atoms with Gasteiger partial charge in [0.25, 0.3) is 0 Å². The van der Waals surface area contributed by atoms with E-state index in [4.69, 9.17) is 0 Å². The van der Waals surface area contributed by atoms with Crippen LogP contribution in [0.15, 0.2) is 6.20 Å². The molecule has 0 unspecified atom stereocenters. The lowest BCUT2D eigenvalue weighted by atomic mass is 10.3. The smallest absolute Gasteiger partial charge is 0.224 e. The van der Waals surface area contributed by atoms with Gasteiger partial charge in [0.15, 0.2) is 0 Å². The van der Waals surface area contributed by atoms with E-state index in [0.717, 1.165) is 30.2 Å². The molecular weight excluding hydrogens is 220 g/mol. The summed E-state index contributed by atoms with van der Waals surface area (Å²) in [4.78, 5) is 10.9. The summed E-state index contributed by atoms with van der Waals surface area (Å²) in [7, 11) is 2.07. The molecule has 0 aromatic carbocycles. The van der Waals surface area contributed by atoms with Crippen LogP contribution in [0, 0.1) is 6.92 Å². The van der Waals surface area contributed by atoms with Gasteiger partial charge in [-0.1, -0.05) is 0 Å². The Morgan fingerprint density at radius 3 is 2.88 bits per heavy atom. The van der Waals surface area contributed by atoms with Gasteiger partial charge in [-0.05, 0) is 20.1 Å². The van der Waals surface area contributed by atoms with E-state index in [0.29, 0.717) is 5.95 Å². The monoisotopic (exact) mass is 240 g/mol. The topological polar surface area (TPSA) is 41.1 Å². The molecule has 0 fully saturated rings. The fourth-order valence-corrected chi connectivity index (χ4v) is 1.85. The van der Waals surface area contributed by atoms with Crippen LogP contribution in [0.25, 0.3) is 0 Å². The lowest BCUT2D eigenvalue weighted by molar-refractivity contribution is 0.922. The summed E-state index contributed by atoms with van der Waals surface area (Å²) in [5.41, 5.74) is 1.12. The summed E-state index contributed by atoms with van der Waals surface area (Å²) >= 11 is 1.84. The molecule has 0 saturated carbocycles. The van der Waals surface area contributed by atoms with E-state index < -0.39 is 0 Å². The zero-order valence-electron chi connectivity index (χ0n) is 10.4. The molecule has 1 N–H and O–H groups in total. The molecule has 4 nitrogen and oxygen atoms in total. The van der Waals surface area contributed by atoms with Gasteiger partial charge < -0.3 is 10.2 Å². The maximum Gasteiger partial charge on any atom is 0.224 e. The molecule has 1 heterocycles. The first-order valence-corrected chi connectivity index (χ1v) is 6.86. The van der Waals surface area contributed by atoms with Gasteiger partial charge in [-0.25, -0.2) is 4.98 Å². The number of aryl methyl sites for hydroxylation is 1. The number of hydrogen-bond donors (Lipinski definition) is 1. The maximum atomic E-state index is 4.51. The highest BCUT2D eigenvalue weighted by atomic mass is 32.2. The van der Waals surface area contributed by atoms with Gasteiger partial charge in [-0.3, -0.25) is 0 Å². The van der Waals surface area contributed by atoms with E-state index in [1.165, 1.54) is 0 Å². The average molecular weight is 240 g/mol. The minimum absolute atomic E-state index is 0.708. The van der Waals surface area contributed by atoms with Crippen LogP contribution in [0.4, 0.5) is 11.8 Å². The third-order valence-electron chi connectivity index (χ3n) is 2.27. The number of anilines is 2. The summed E-state index contributed by atoms with van der Waals surface area (Å²) in [6.07, 6.45) is 3.99. The number of aromatic nitrogens is 2. The zero-order valence-corrected chi connectivity index (χ0v) is 11.3. The molecule has 5 heteroatoms. The highest BCUT2D eigenvalue weighted by molar-refractivity contribution is 7.98. The van der Waals surface area contributed by atoms with Crippen LogP contribution in [-0.2, 0) is 0 Å². The Morgan fingerprint density at radius 2 is 2.25 bits per heavy atom. The fourth-order valence-electron chi connectivity index (χ4n) is 1.40. The number of rotatable bonds is 6. The second-order valence-corrected chi connectivity index (χ2v) is 4.63. The Bertz CT molecular complexity index is 330. The van der Waals surface area contributed by atoms with Crippen molar-refractivity contribution < 1.29 is 0 Å². The molecule has 0 bridgehead atoms. The number of nitrogens with zero attached hydrogens (tertiary/aromatic N) is 3. The van der Waals surface area contributed by atoms with E-state index in [2.05, 4.69) is 33.5 Å². The van der Waals surface area contributed by atoms with Gasteiger partial charge >= 0.3 is 0 Å². The molecule has 0 aliphatic heterocycles. The molecule has 1 rings (SSSR count). The summed E-state index contributed by atoms with van der Waals surface area (Å²) in [6.45, 7) is 5.93. The minimum Gasteiger partial charge on any atom is -0.358 e. The first kappa shape index (κ1) is 13.1. The van der Waals surface area contributed by atoms with Gasteiger partial charge in [0.1, 0.15) is 5.82 Å². The molecule has 16 heavy (non-hydrogen) atoms. The minimum atomic E-state index is 0.708. The number of nitrogens with one attached hydrogen (secondary N) is 1. The lowest BCUT2D eigenvalue weighted by Crippen LogP contribution is -2.23. The van der Waals surface area contributed by atoms with E-state index in [-0.39, 0.29) is 0 Å². The normalized spacial score (nSPS) is 10.2. The molecule has 0 spiro atoms. The van der Waals surface area contributed by atoms with Crippen LogP contribution in [-0.4, -0.2) is 42.1 Å². The SMILES string of the molecule is CCNc1ncc(C)c(N(C)CCSC)n1. The van der Waals surface area contributed by atoms with Crippen molar-refractivity contribution in [2.24, 2.45) is 0 Å². The number of hydrogen-bond acceptors (Lipinski definition) is 5. The summed E-state index contributed by atoms with van der Waals surface area (Å²) in [6, 6.07) is 0. The van der Waals surface area contributed by atoms with Crippen molar-refractivity contribution in [1.29, 1.82) is 0 Å². The second kappa shape index (κ2) is 6.58.